The van der Waals surface area contributed by atoms with Gasteiger partial charge in [0.2, 0.25) is 0 Å². The van der Waals surface area contributed by atoms with Gasteiger partial charge in [0.25, 0.3) is 5.70 Å². The number of hydrogen-bond acceptors (Lipinski definition) is 5. The first-order valence-electron chi connectivity index (χ1n) is 6.02. The fourth-order valence-electron chi connectivity index (χ4n) is 2.16. The number of aliphatic hydroxyl groups is 1. The minimum Gasteiger partial charge on any atom is -0.507 e. The van der Waals surface area contributed by atoms with Crippen molar-refractivity contribution in [1.29, 1.82) is 15.8 Å². The van der Waals surface area contributed by atoms with Crippen LogP contribution in [-0.4, -0.2) is 10.1 Å². The summed E-state index contributed by atoms with van der Waals surface area (Å²) in [6.07, 6.45) is 1.53. The molecule has 102 valence electrons. The van der Waals surface area contributed by atoms with Gasteiger partial charge in [-0.15, -0.1) is 0 Å². The molecule has 1 aliphatic carbocycles. The van der Waals surface area contributed by atoms with Crippen molar-refractivity contribution in [1.82, 2.24) is 4.98 Å². The fraction of sp³-hybridized carbons (Fsp3) is 0.0625. The second kappa shape index (κ2) is 5.63. The summed E-state index contributed by atoms with van der Waals surface area (Å²) in [4.78, 5) is 7.16. The Kier molecular flexibility index (Phi) is 3.72. The Hall–Kier alpha value is -3.87. The van der Waals surface area contributed by atoms with Gasteiger partial charge >= 0.3 is 0 Å². The number of aromatic nitrogens is 1. The fourth-order valence-corrected chi connectivity index (χ4v) is 2.16. The molecule has 1 heterocycles. The van der Waals surface area contributed by atoms with Crippen LogP contribution in [0, 0.1) is 47.5 Å². The summed E-state index contributed by atoms with van der Waals surface area (Å²) >= 11 is 0. The van der Waals surface area contributed by atoms with E-state index in [2.05, 4.69) is 9.83 Å². The molecule has 1 aliphatic rings. The van der Waals surface area contributed by atoms with E-state index in [-0.39, 0.29) is 33.7 Å². The molecule has 0 fully saturated rings. The second-order valence-corrected chi connectivity index (χ2v) is 4.33. The summed E-state index contributed by atoms with van der Waals surface area (Å²) in [6.45, 7) is 8.83. The van der Waals surface area contributed by atoms with Gasteiger partial charge in [-0.05, 0) is 24.6 Å². The Morgan fingerprint density at radius 1 is 1.23 bits per heavy atom. The number of aliphatic hydroxyl groups excluding tert-OH is 1. The van der Waals surface area contributed by atoms with E-state index in [1.165, 1.54) is 6.20 Å². The van der Waals surface area contributed by atoms with Gasteiger partial charge in [-0.2, -0.15) is 10.5 Å². The SMILES string of the molecule is [C-]#[N+]/C(C#N)=C1/C(=C(C#N)C#N)C(O)=C1c1ccnc(C)c1. The zero-order valence-electron chi connectivity index (χ0n) is 11.4. The number of nitrogens with zero attached hydrogens (tertiary/aromatic N) is 5. The highest BCUT2D eigenvalue weighted by molar-refractivity contribution is 6.00. The first-order chi connectivity index (χ1) is 10.6. The lowest BCUT2D eigenvalue weighted by atomic mass is 9.76. The van der Waals surface area contributed by atoms with Crippen LogP contribution in [0.1, 0.15) is 11.3 Å². The molecule has 0 amide bonds. The maximum atomic E-state index is 10.2. The van der Waals surface area contributed by atoms with Crippen molar-refractivity contribution in [2.45, 2.75) is 6.92 Å². The quantitative estimate of drug-likeness (QED) is 0.630. The van der Waals surface area contributed by atoms with Gasteiger partial charge in [0, 0.05) is 28.6 Å². The molecule has 0 aliphatic heterocycles. The van der Waals surface area contributed by atoms with Crippen molar-refractivity contribution < 1.29 is 5.11 Å². The summed E-state index contributed by atoms with van der Waals surface area (Å²) < 4.78 is 0. The Labute approximate surface area is 126 Å². The number of pyridine rings is 1. The minimum absolute atomic E-state index is 0.0537. The van der Waals surface area contributed by atoms with E-state index < -0.39 is 0 Å². The second-order valence-electron chi connectivity index (χ2n) is 4.33. The molecule has 6 nitrogen and oxygen atoms in total. The van der Waals surface area contributed by atoms with E-state index in [9.17, 15) is 5.11 Å². The molecule has 0 saturated carbocycles. The Bertz CT molecular complexity index is 904. The van der Waals surface area contributed by atoms with E-state index in [1.54, 1.807) is 37.3 Å². The van der Waals surface area contributed by atoms with Crippen LogP contribution in [0.25, 0.3) is 10.4 Å². The van der Waals surface area contributed by atoms with E-state index in [1.807, 2.05) is 0 Å². The van der Waals surface area contributed by atoms with Crippen molar-refractivity contribution >= 4 is 5.57 Å². The molecule has 22 heavy (non-hydrogen) atoms. The highest BCUT2D eigenvalue weighted by Gasteiger charge is 2.36. The van der Waals surface area contributed by atoms with Gasteiger partial charge in [0.05, 0.1) is 12.6 Å². The average Bonchev–Trinajstić information content (AvgIpc) is 2.52. The van der Waals surface area contributed by atoms with Gasteiger partial charge in [0.1, 0.15) is 23.5 Å². The van der Waals surface area contributed by atoms with Crippen molar-refractivity contribution in [3.63, 3.8) is 0 Å². The van der Waals surface area contributed by atoms with E-state index in [4.69, 9.17) is 22.4 Å². The topological polar surface area (TPSA) is 109 Å². The zero-order chi connectivity index (χ0) is 16.3. The Morgan fingerprint density at radius 3 is 2.41 bits per heavy atom. The average molecular weight is 285 g/mol. The van der Waals surface area contributed by atoms with Gasteiger partial charge in [-0.1, -0.05) is 0 Å². The largest absolute Gasteiger partial charge is 0.507 e. The van der Waals surface area contributed by atoms with Crippen LogP contribution in [0.3, 0.4) is 0 Å². The normalized spacial score (nSPS) is 14.9. The third-order valence-electron chi connectivity index (χ3n) is 3.09. The third kappa shape index (κ3) is 2.08. The highest BCUT2D eigenvalue weighted by atomic mass is 16.3. The monoisotopic (exact) mass is 285 g/mol. The first kappa shape index (κ1) is 14.5. The van der Waals surface area contributed by atoms with Gasteiger partial charge in [0.15, 0.2) is 0 Å². The minimum atomic E-state index is -0.335. The van der Waals surface area contributed by atoms with Crippen LogP contribution in [0.5, 0.6) is 0 Å². The van der Waals surface area contributed by atoms with E-state index in [0.717, 1.165) is 0 Å². The van der Waals surface area contributed by atoms with E-state index in [0.29, 0.717) is 11.3 Å². The van der Waals surface area contributed by atoms with Crippen molar-refractivity contribution in [3.8, 4) is 18.2 Å². The number of allylic oxidation sites excluding steroid dienone is 4. The van der Waals surface area contributed by atoms with Gasteiger partial charge < -0.3 is 5.11 Å². The van der Waals surface area contributed by atoms with Crippen LogP contribution in [0.4, 0.5) is 0 Å². The Balaban J connectivity index is 2.86. The summed E-state index contributed by atoms with van der Waals surface area (Å²) in [5.74, 6) is -0.268. The zero-order valence-corrected chi connectivity index (χ0v) is 11.4. The molecular weight excluding hydrogens is 278 g/mol. The van der Waals surface area contributed by atoms with Crippen LogP contribution in [0.2, 0.25) is 0 Å². The standard InChI is InChI=1S/C16H7N5O/c1-9-5-10(3-4-21-9)13-15(12(8-19)20-2)14(16(13)22)11(6-17)7-18/h3-5,22H,1H3/b15-12+. The molecule has 0 radical (unpaired) electrons. The number of rotatable bonds is 1. The number of aryl methyl sites for hydroxylation is 1. The highest BCUT2D eigenvalue weighted by Crippen LogP contribution is 2.47. The summed E-state index contributed by atoms with van der Waals surface area (Å²) in [7, 11) is 0. The van der Waals surface area contributed by atoms with E-state index >= 15 is 0 Å². The molecule has 0 aromatic carbocycles. The molecule has 1 aromatic heterocycles. The molecule has 0 saturated heterocycles. The first-order valence-corrected chi connectivity index (χ1v) is 6.02. The van der Waals surface area contributed by atoms with Gasteiger partial charge in [-0.3, -0.25) is 4.98 Å². The lowest BCUT2D eigenvalue weighted by Crippen LogP contribution is -2.15. The third-order valence-corrected chi connectivity index (χ3v) is 3.09. The molecule has 2 rings (SSSR count). The maximum absolute atomic E-state index is 10.2. The molecule has 0 bridgehead atoms. The van der Waals surface area contributed by atoms with Crippen molar-refractivity contribution in [3.05, 3.63) is 69.2 Å². The van der Waals surface area contributed by atoms with Crippen LogP contribution < -0.4 is 0 Å². The summed E-state index contributed by atoms with van der Waals surface area (Å²) in [5.41, 5.74) is 0.988. The predicted octanol–water partition coefficient (Wildman–Crippen LogP) is 2.71. The smallest absolute Gasteiger partial charge is 0.270 e. The predicted molar refractivity (Wildman–Crippen MR) is 76.0 cm³/mol. The molecule has 0 unspecified atom stereocenters. The van der Waals surface area contributed by atoms with Crippen molar-refractivity contribution in [2.24, 2.45) is 0 Å². The number of hydrogen-bond donors (Lipinski definition) is 1. The lowest BCUT2D eigenvalue weighted by Gasteiger charge is -2.27. The Morgan fingerprint density at radius 2 is 1.91 bits per heavy atom. The molecule has 1 N–H and O–H groups in total. The van der Waals surface area contributed by atoms with Crippen LogP contribution in [-0.2, 0) is 0 Å². The van der Waals surface area contributed by atoms with Crippen LogP contribution in [0.15, 0.2) is 46.5 Å². The molecule has 0 spiro atoms. The summed E-state index contributed by atoms with van der Waals surface area (Å²) in [5, 5.41) is 37.2. The molecular formula is C16H7N5O. The number of nitriles is 3. The van der Waals surface area contributed by atoms with Crippen LogP contribution >= 0.6 is 0 Å². The lowest BCUT2D eigenvalue weighted by molar-refractivity contribution is 0.420. The molecule has 0 atom stereocenters. The van der Waals surface area contributed by atoms with Crippen molar-refractivity contribution in [2.75, 3.05) is 0 Å². The molecule has 6 heteroatoms. The van der Waals surface area contributed by atoms with Gasteiger partial charge in [-0.25, -0.2) is 10.1 Å². The summed E-state index contributed by atoms with van der Waals surface area (Å²) in [6, 6.07) is 8.36. The maximum Gasteiger partial charge on any atom is 0.270 e. The molecule has 1 aromatic rings.